The quantitative estimate of drug-likeness (QED) is 0.797. The van der Waals surface area contributed by atoms with Crippen molar-refractivity contribution in [3.05, 3.63) is 29.3 Å². The van der Waals surface area contributed by atoms with Gasteiger partial charge >= 0.3 is 0 Å². The summed E-state index contributed by atoms with van der Waals surface area (Å²) in [6.07, 6.45) is 1.05. The van der Waals surface area contributed by atoms with Gasteiger partial charge in [0.2, 0.25) is 10.0 Å². The fraction of sp³-hybridized carbons (Fsp3) is 0.300. The first kappa shape index (κ1) is 11.7. The van der Waals surface area contributed by atoms with E-state index in [-0.39, 0.29) is 5.78 Å². The third kappa shape index (κ3) is 3.36. The second kappa shape index (κ2) is 4.02. The van der Waals surface area contributed by atoms with Crippen LogP contribution in [0.4, 0.5) is 5.69 Å². The number of benzene rings is 1. The number of hydrogen-bond acceptors (Lipinski definition) is 3. The van der Waals surface area contributed by atoms with Crippen LogP contribution in [0.1, 0.15) is 22.8 Å². The Bertz CT molecular complexity index is 491. The Balaban J connectivity index is 3.24. The molecule has 0 atom stereocenters. The van der Waals surface area contributed by atoms with Crippen LogP contribution in [-0.4, -0.2) is 20.5 Å². The van der Waals surface area contributed by atoms with Gasteiger partial charge in [-0.2, -0.15) is 0 Å². The predicted molar refractivity (Wildman–Crippen MR) is 59.7 cm³/mol. The van der Waals surface area contributed by atoms with Crippen molar-refractivity contribution in [2.24, 2.45) is 0 Å². The third-order valence-corrected chi connectivity index (χ3v) is 2.44. The molecule has 0 unspecified atom stereocenters. The molecule has 0 fully saturated rings. The standard InChI is InChI=1S/C10H13NO3S/c1-7-4-5-10(11-15(3,13)14)9(6-7)8(2)12/h4-6,11H,1-3H3. The minimum atomic E-state index is -3.35. The zero-order valence-corrected chi connectivity index (χ0v) is 9.68. The van der Waals surface area contributed by atoms with Crippen molar-refractivity contribution in [3.63, 3.8) is 0 Å². The van der Waals surface area contributed by atoms with E-state index in [2.05, 4.69) is 4.72 Å². The second-order valence-electron chi connectivity index (χ2n) is 3.48. The van der Waals surface area contributed by atoms with Gasteiger partial charge < -0.3 is 0 Å². The summed E-state index contributed by atoms with van der Waals surface area (Å²) in [6.45, 7) is 3.25. The summed E-state index contributed by atoms with van der Waals surface area (Å²) in [7, 11) is -3.35. The first-order valence-corrected chi connectivity index (χ1v) is 6.28. The van der Waals surface area contributed by atoms with Crippen molar-refractivity contribution in [2.75, 3.05) is 11.0 Å². The number of sulfonamides is 1. The van der Waals surface area contributed by atoms with Gasteiger partial charge in [-0.05, 0) is 26.0 Å². The Morgan fingerprint density at radius 2 is 1.93 bits per heavy atom. The van der Waals surface area contributed by atoms with Crippen LogP contribution >= 0.6 is 0 Å². The number of carbonyl (C=O) groups excluding carboxylic acids is 1. The number of ketones is 1. The maximum Gasteiger partial charge on any atom is 0.229 e. The molecule has 1 N–H and O–H groups in total. The molecule has 0 radical (unpaired) electrons. The third-order valence-electron chi connectivity index (χ3n) is 1.85. The van der Waals surface area contributed by atoms with Crippen LogP contribution < -0.4 is 4.72 Å². The smallest absolute Gasteiger partial charge is 0.229 e. The Hall–Kier alpha value is -1.36. The van der Waals surface area contributed by atoms with E-state index in [1.165, 1.54) is 6.92 Å². The Morgan fingerprint density at radius 1 is 1.33 bits per heavy atom. The van der Waals surface area contributed by atoms with Gasteiger partial charge in [-0.15, -0.1) is 0 Å². The molecule has 15 heavy (non-hydrogen) atoms. The average molecular weight is 227 g/mol. The zero-order valence-electron chi connectivity index (χ0n) is 8.87. The fourth-order valence-corrected chi connectivity index (χ4v) is 1.82. The highest BCUT2D eigenvalue weighted by Gasteiger charge is 2.10. The Kier molecular flexibility index (Phi) is 3.14. The van der Waals surface area contributed by atoms with Crippen molar-refractivity contribution in [1.29, 1.82) is 0 Å². The van der Waals surface area contributed by atoms with E-state index >= 15 is 0 Å². The van der Waals surface area contributed by atoms with E-state index in [1.54, 1.807) is 18.2 Å². The highest BCUT2D eigenvalue weighted by atomic mass is 32.2. The molecule has 0 spiro atoms. The van der Waals surface area contributed by atoms with E-state index in [0.29, 0.717) is 11.3 Å². The molecule has 0 amide bonds. The SMILES string of the molecule is CC(=O)c1cc(C)ccc1NS(C)(=O)=O. The Morgan fingerprint density at radius 3 is 2.40 bits per heavy atom. The van der Waals surface area contributed by atoms with Crippen LogP contribution in [0.5, 0.6) is 0 Å². The van der Waals surface area contributed by atoms with Crippen molar-refractivity contribution in [2.45, 2.75) is 13.8 Å². The summed E-state index contributed by atoms with van der Waals surface area (Å²) in [5, 5.41) is 0. The summed E-state index contributed by atoms with van der Waals surface area (Å²) in [5.41, 5.74) is 1.63. The van der Waals surface area contributed by atoms with E-state index in [9.17, 15) is 13.2 Å². The maximum atomic E-state index is 11.3. The minimum absolute atomic E-state index is 0.162. The summed E-state index contributed by atoms with van der Waals surface area (Å²) < 4.78 is 24.4. The molecule has 5 heteroatoms. The number of nitrogens with one attached hydrogen (secondary N) is 1. The van der Waals surface area contributed by atoms with Gasteiger partial charge in [0.15, 0.2) is 5.78 Å². The molecule has 0 aliphatic rings. The van der Waals surface area contributed by atoms with Crippen LogP contribution in [0.2, 0.25) is 0 Å². The number of Topliss-reactive ketones (excluding diaryl/α,β-unsaturated/α-hetero) is 1. The van der Waals surface area contributed by atoms with E-state index in [1.807, 2.05) is 6.92 Å². The molecule has 0 saturated carbocycles. The topological polar surface area (TPSA) is 63.2 Å². The van der Waals surface area contributed by atoms with Gasteiger partial charge in [0, 0.05) is 5.56 Å². The molecule has 0 aliphatic carbocycles. The normalized spacial score (nSPS) is 11.1. The number of hydrogen-bond donors (Lipinski definition) is 1. The lowest BCUT2D eigenvalue weighted by molar-refractivity contribution is 0.101. The summed E-state index contributed by atoms with van der Waals surface area (Å²) in [6, 6.07) is 5.00. The van der Waals surface area contributed by atoms with Crippen LogP contribution in [0, 0.1) is 6.92 Å². The molecular weight excluding hydrogens is 214 g/mol. The molecule has 1 aromatic rings. The molecule has 0 bridgehead atoms. The largest absolute Gasteiger partial charge is 0.294 e. The first-order valence-electron chi connectivity index (χ1n) is 4.39. The Labute approximate surface area is 89.4 Å². The predicted octanol–water partition coefficient (Wildman–Crippen LogP) is 1.57. The van der Waals surface area contributed by atoms with Gasteiger partial charge in [-0.1, -0.05) is 11.6 Å². The van der Waals surface area contributed by atoms with E-state index in [4.69, 9.17) is 0 Å². The number of carbonyl (C=O) groups is 1. The van der Waals surface area contributed by atoms with Crippen molar-refractivity contribution in [1.82, 2.24) is 0 Å². The number of anilines is 1. The summed E-state index contributed by atoms with van der Waals surface area (Å²) in [4.78, 5) is 11.3. The average Bonchev–Trinajstić information content (AvgIpc) is 2.05. The van der Waals surface area contributed by atoms with Crippen LogP contribution in [0.3, 0.4) is 0 Å². The summed E-state index contributed by atoms with van der Waals surface area (Å²) >= 11 is 0. The maximum absolute atomic E-state index is 11.3. The molecule has 82 valence electrons. The molecule has 4 nitrogen and oxygen atoms in total. The fourth-order valence-electron chi connectivity index (χ4n) is 1.24. The van der Waals surface area contributed by atoms with Gasteiger partial charge in [0.05, 0.1) is 11.9 Å². The highest BCUT2D eigenvalue weighted by molar-refractivity contribution is 7.92. The first-order chi connectivity index (χ1) is 6.79. The number of aryl methyl sites for hydroxylation is 1. The van der Waals surface area contributed by atoms with Crippen molar-refractivity contribution < 1.29 is 13.2 Å². The van der Waals surface area contributed by atoms with Gasteiger partial charge in [-0.3, -0.25) is 9.52 Å². The van der Waals surface area contributed by atoms with Crippen molar-refractivity contribution in [3.8, 4) is 0 Å². The minimum Gasteiger partial charge on any atom is -0.294 e. The van der Waals surface area contributed by atoms with Crippen LogP contribution in [0.25, 0.3) is 0 Å². The lowest BCUT2D eigenvalue weighted by atomic mass is 10.1. The van der Waals surface area contributed by atoms with Gasteiger partial charge in [-0.25, -0.2) is 8.42 Å². The summed E-state index contributed by atoms with van der Waals surface area (Å²) in [5.74, 6) is -0.162. The molecule has 1 rings (SSSR count). The second-order valence-corrected chi connectivity index (χ2v) is 5.23. The molecule has 0 aromatic heterocycles. The molecule has 0 saturated heterocycles. The van der Waals surface area contributed by atoms with Crippen LogP contribution in [0.15, 0.2) is 18.2 Å². The monoisotopic (exact) mass is 227 g/mol. The van der Waals surface area contributed by atoms with Gasteiger partial charge in [0.25, 0.3) is 0 Å². The lowest BCUT2D eigenvalue weighted by Gasteiger charge is -2.08. The highest BCUT2D eigenvalue weighted by Crippen LogP contribution is 2.18. The van der Waals surface area contributed by atoms with E-state index in [0.717, 1.165) is 11.8 Å². The van der Waals surface area contributed by atoms with Gasteiger partial charge in [0.1, 0.15) is 0 Å². The molecular formula is C10H13NO3S. The van der Waals surface area contributed by atoms with E-state index < -0.39 is 10.0 Å². The number of rotatable bonds is 3. The lowest BCUT2D eigenvalue weighted by Crippen LogP contribution is -2.12. The molecule has 0 heterocycles. The van der Waals surface area contributed by atoms with Crippen molar-refractivity contribution >= 4 is 21.5 Å². The zero-order chi connectivity index (χ0) is 11.6. The molecule has 1 aromatic carbocycles. The molecule has 0 aliphatic heterocycles. The van der Waals surface area contributed by atoms with Crippen LogP contribution in [-0.2, 0) is 10.0 Å².